The van der Waals surface area contributed by atoms with Crippen molar-refractivity contribution in [1.82, 2.24) is 5.32 Å². The van der Waals surface area contributed by atoms with Crippen molar-refractivity contribution >= 4 is 5.69 Å². The van der Waals surface area contributed by atoms with Gasteiger partial charge in [-0.25, -0.2) is 0 Å². The van der Waals surface area contributed by atoms with E-state index in [1.165, 1.54) is 5.69 Å². The van der Waals surface area contributed by atoms with Crippen LogP contribution in [0.5, 0.6) is 11.5 Å². The molecule has 0 amide bonds. The second-order valence-electron chi connectivity index (χ2n) is 5.84. The number of hydrogen-bond donors (Lipinski definition) is 1. The molecule has 1 aromatic carbocycles. The van der Waals surface area contributed by atoms with Crippen molar-refractivity contribution in [2.24, 2.45) is 5.92 Å². The van der Waals surface area contributed by atoms with Crippen LogP contribution in [0.15, 0.2) is 18.2 Å². The minimum absolute atomic E-state index is 0.488. The van der Waals surface area contributed by atoms with Crippen LogP contribution >= 0.6 is 0 Å². The van der Waals surface area contributed by atoms with Crippen molar-refractivity contribution in [2.75, 3.05) is 32.2 Å². The van der Waals surface area contributed by atoms with Gasteiger partial charge >= 0.3 is 0 Å². The zero-order chi connectivity index (χ0) is 14.7. The molecule has 2 rings (SSSR count). The van der Waals surface area contributed by atoms with Gasteiger partial charge in [-0.1, -0.05) is 13.8 Å². The molecular weight excluding hydrogens is 252 g/mol. The molecule has 0 saturated carbocycles. The molecule has 20 heavy (non-hydrogen) atoms. The van der Waals surface area contributed by atoms with Crippen LogP contribution in [0.4, 0.5) is 5.69 Å². The van der Waals surface area contributed by atoms with Gasteiger partial charge in [-0.05, 0) is 12.8 Å². The zero-order valence-electron chi connectivity index (χ0n) is 13.1. The number of anilines is 1. The number of rotatable bonds is 4. The Morgan fingerprint density at radius 2 is 1.75 bits per heavy atom. The molecule has 0 spiro atoms. The van der Waals surface area contributed by atoms with Crippen molar-refractivity contribution in [3.8, 4) is 11.5 Å². The van der Waals surface area contributed by atoms with E-state index in [1.807, 2.05) is 6.07 Å². The number of methoxy groups -OCH3 is 2. The lowest BCUT2D eigenvalue weighted by Gasteiger charge is -2.43. The second kappa shape index (κ2) is 6.35. The van der Waals surface area contributed by atoms with Gasteiger partial charge in [0.25, 0.3) is 0 Å². The molecule has 1 heterocycles. The van der Waals surface area contributed by atoms with Crippen molar-refractivity contribution in [3.63, 3.8) is 0 Å². The van der Waals surface area contributed by atoms with E-state index in [9.17, 15) is 0 Å². The summed E-state index contributed by atoms with van der Waals surface area (Å²) in [5.74, 6) is 2.27. The number of ether oxygens (including phenoxy) is 2. The Balaban J connectivity index is 2.35. The standard InChI is InChI=1S/C16H26N2O2/c1-11(2)16-9-17-12(3)10-18(16)13-6-14(19-4)8-15(7-13)20-5/h6-8,11-12,16-17H,9-10H2,1-5H3. The average Bonchev–Trinajstić information content (AvgIpc) is 2.46. The highest BCUT2D eigenvalue weighted by atomic mass is 16.5. The second-order valence-corrected chi connectivity index (χ2v) is 5.84. The summed E-state index contributed by atoms with van der Waals surface area (Å²) in [5, 5.41) is 3.57. The van der Waals surface area contributed by atoms with Crippen molar-refractivity contribution in [3.05, 3.63) is 18.2 Å². The Morgan fingerprint density at radius 1 is 1.15 bits per heavy atom. The normalized spacial score (nSPS) is 23.0. The van der Waals surface area contributed by atoms with Gasteiger partial charge in [0.05, 0.1) is 14.2 Å². The van der Waals surface area contributed by atoms with E-state index in [-0.39, 0.29) is 0 Å². The molecule has 0 aromatic heterocycles. The molecule has 1 fully saturated rings. The van der Waals surface area contributed by atoms with Gasteiger partial charge in [0, 0.05) is 49.1 Å². The Bertz CT molecular complexity index is 426. The minimum Gasteiger partial charge on any atom is -0.497 e. The zero-order valence-corrected chi connectivity index (χ0v) is 13.1. The number of benzene rings is 1. The fourth-order valence-corrected chi connectivity index (χ4v) is 2.78. The van der Waals surface area contributed by atoms with E-state index in [4.69, 9.17) is 9.47 Å². The quantitative estimate of drug-likeness (QED) is 0.917. The van der Waals surface area contributed by atoms with E-state index < -0.39 is 0 Å². The Kier molecular flexibility index (Phi) is 4.76. The van der Waals surface area contributed by atoms with Crippen LogP contribution in [0.3, 0.4) is 0 Å². The number of nitrogens with one attached hydrogen (secondary N) is 1. The van der Waals surface area contributed by atoms with Crippen LogP contribution in [-0.4, -0.2) is 39.4 Å². The highest BCUT2D eigenvalue weighted by Crippen LogP contribution is 2.31. The molecule has 1 aliphatic heterocycles. The summed E-state index contributed by atoms with van der Waals surface area (Å²) < 4.78 is 10.8. The predicted molar refractivity (Wildman–Crippen MR) is 83.0 cm³/mol. The minimum atomic E-state index is 0.488. The third-order valence-corrected chi connectivity index (χ3v) is 3.98. The third kappa shape index (κ3) is 3.18. The monoisotopic (exact) mass is 278 g/mol. The molecule has 1 N–H and O–H groups in total. The Morgan fingerprint density at radius 3 is 2.25 bits per heavy atom. The number of hydrogen-bond acceptors (Lipinski definition) is 4. The maximum atomic E-state index is 5.39. The molecular formula is C16H26N2O2. The number of piperazine rings is 1. The maximum absolute atomic E-state index is 5.39. The summed E-state index contributed by atoms with van der Waals surface area (Å²) in [7, 11) is 3.39. The fourth-order valence-electron chi connectivity index (χ4n) is 2.78. The molecule has 2 unspecified atom stereocenters. The summed E-state index contributed by atoms with van der Waals surface area (Å²) in [6, 6.07) is 7.08. The highest BCUT2D eigenvalue weighted by Gasteiger charge is 2.28. The van der Waals surface area contributed by atoms with Crippen LogP contribution in [0.25, 0.3) is 0 Å². The smallest absolute Gasteiger partial charge is 0.124 e. The van der Waals surface area contributed by atoms with Crippen LogP contribution in [-0.2, 0) is 0 Å². The summed E-state index contributed by atoms with van der Waals surface area (Å²) in [6.45, 7) is 8.78. The molecule has 1 aliphatic rings. The molecule has 0 radical (unpaired) electrons. The lowest BCUT2D eigenvalue weighted by atomic mass is 9.98. The fraction of sp³-hybridized carbons (Fsp3) is 0.625. The number of nitrogens with zero attached hydrogens (tertiary/aromatic N) is 1. The Hall–Kier alpha value is -1.42. The maximum Gasteiger partial charge on any atom is 0.124 e. The van der Waals surface area contributed by atoms with Gasteiger partial charge in [0.15, 0.2) is 0 Å². The van der Waals surface area contributed by atoms with Crippen molar-refractivity contribution in [1.29, 1.82) is 0 Å². The van der Waals surface area contributed by atoms with Crippen molar-refractivity contribution in [2.45, 2.75) is 32.9 Å². The predicted octanol–water partition coefficient (Wildman–Crippen LogP) is 2.53. The van der Waals surface area contributed by atoms with Crippen LogP contribution in [0, 0.1) is 5.92 Å². The molecule has 0 bridgehead atoms. The molecule has 0 aliphatic carbocycles. The summed E-state index contributed by atoms with van der Waals surface area (Å²) in [4.78, 5) is 2.47. The summed E-state index contributed by atoms with van der Waals surface area (Å²) in [5.41, 5.74) is 1.17. The molecule has 1 saturated heterocycles. The van der Waals surface area contributed by atoms with Gasteiger partial charge in [0.2, 0.25) is 0 Å². The first-order valence-electron chi connectivity index (χ1n) is 7.28. The van der Waals surface area contributed by atoms with E-state index in [2.05, 4.69) is 43.1 Å². The molecule has 4 heteroatoms. The third-order valence-electron chi connectivity index (χ3n) is 3.98. The van der Waals surface area contributed by atoms with Gasteiger partial charge in [0.1, 0.15) is 11.5 Å². The Labute approximate surface area is 122 Å². The largest absolute Gasteiger partial charge is 0.497 e. The summed E-state index contributed by atoms with van der Waals surface area (Å²) in [6.07, 6.45) is 0. The summed E-state index contributed by atoms with van der Waals surface area (Å²) >= 11 is 0. The SMILES string of the molecule is COc1cc(OC)cc(N2CC(C)NCC2C(C)C)c1. The molecule has 1 aromatic rings. The van der Waals surface area contributed by atoms with E-state index in [0.717, 1.165) is 24.6 Å². The highest BCUT2D eigenvalue weighted by molar-refractivity contribution is 5.57. The molecule has 112 valence electrons. The lowest BCUT2D eigenvalue weighted by molar-refractivity contribution is 0.347. The average molecular weight is 278 g/mol. The van der Waals surface area contributed by atoms with Gasteiger partial charge in [-0.15, -0.1) is 0 Å². The van der Waals surface area contributed by atoms with Gasteiger partial charge in [-0.2, -0.15) is 0 Å². The molecule has 2 atom stereocenters. The lowest BCUT2D eigenvalue weighted by Crippen LogP contribution is -2.57. The van der Waals surface area contributed by atoms with E-state index in [1.54, 1.807) is 14.2 Å². The van der Waals surface area contributed by atoms with Crippen molar-refractivity contribution < 1.29 is 9.47 Å². The first kappa shape index (κ1) is 15.0. The van der Waals surface area contributed by atoms with E-state index in [0.29, 0.717) is 18.0 Å². The van der Waals surface area contributed by atoms with Crippen LogP contribution in [0.2, 0.25) is 0 Å². The van der Waals surface area contributed by atoms with Gasteiger partial charge < -0.3 is 19.7 Å². The van der Waals surface area contributed by atoms with E-state index >= 15 is 0 Å². The topological polar surface area (TPSA) is 33.7 Å². The molecule has 4 nitrogen and oxygen atoms in total. The van der Waals surface area contributed by atoms with Crippen LogP contribution in [0.1, 0.15) is 20.8 Å². The van der Waals surface area contributed by atoms with Gasteiger partial charge in [-0.3, -0.25) is 0 Å². The van der Waals surface area contributed by atoms with Crippen LogP contribution < -0.4 is 19.7 Å². The first-order valence-corrected chi connectivity index (χ1v) is 7.28. The first-order chi connectivity index (χ1) is 9.55.